The Morgan fingerprint density at radius 2 is 1.44 bits per heavy atom. The molecule has 1 atom stereocenters. The number of halogens is 3. The minimum atomic E-state index is -5.23. The van der Waals surface area contributed by atoms with Gasteiger partial charge < -0.3 is 5.32 Å². The molecule has 4 aromatic rings. The molecule has 0 saturated carbocycles. The Hall–Kier alpha value is -4.78. The first-order valence-electron chi connectivity index (χ1n) is 12.1. The van der Waals surface area contributed by atoms with Gasteiger partial charge in [-0.3, -0.25) is 23.7 Å². The molecule has 0 radical (unpaired) electrons. The first-order chi connectivity index (χ1) is 19.5. The number of alkyl halides is 3. The van der Waals surface area contributed by atoms with Crippen molar-refractivity contribution in [1.82, 2.24) is 14.9 Å². The van der Waals surface area contributed by atoms with Crippen molar-refractivity contribution in [3.8, 4) is 11.4 Å². The van der Waals surface area contributed by atoms with E-state index in [0.717, 1.165) is 10.8 Å². The number of carbonyl (C=O) groups excluding carboxylic acids is 2. The van der Waals surface area contributed by atoms with E-state index in [1.165, 1.54) is 36.4 Å². The number of Topliss-reactive ketones (excluding diaryl/α,β-unsaturated/α-hetero) is 1. The predicted octanol–water partition coefficient (Wildman–Crippen LogP) is 3.57. The van der Waals surface area contributed by atoms with E-state index in [2.05, 4.69) is 15.0 Å². The molecule has 0 aliphatic rings. The van der Waals surface area contributed by atoms with Gasteiger partial charge in [0.25, 0.3) is 21.4 Å². The van der Waals surface area contributed by atoms with E-state index in [-0.39, 0.29) is 10.7 Å². The average Bonchev–Trinajstić information content (AvgIpc) is 2.95. The standard InChI is InChI=1S/C28H23F3N4O5S/c29-28(30,31)25(37)22(16-19-10-4-1-5-11-19)33-24(36)18-35-26(20-12-6-2-7-13-20)32-17-23(27(35)38)34-41(39,40)21-14-8-3-9-15-21/h1-15,17,22,34H,16,18H2,(H,33,36). The number of nitrogens with one attached hydrogen (secondary N) is 2. The first-order valence-corrected chi connectivity index (χ1v) is 13.6. The maximum absolute atomic E-state index is 13.4. The highest BCUT2D eigenvalue weighted by Gasteiger charge is 2.44. The van der Waals surface area contributed by atoms with Crippen molar-refractivity contribution in [2.45, 2.75) is 30.1 Å². The van der Waals surface area contributed by atoms with Gasteiger partial charge in [0.2, 0.25) is 5.91 Å². The molecule has 1 unspecified atom stereocenters. The lowest BCUT2D eigenvalue weighted by atomic mass is 10.0. The van der Waals surface area contributed by atoms with E-state index in [9.17, 15) is 36.0 Å². The van der Waals surface area contributed by atoms with Crippen LogP contribution in [0.5, 0.6) is 0 Å². The molecular weight excluding hydrogens is 561 g/mol. The van der Waals surface area contributed by atoms with Gasteiger partial charge in [0, 0.05) is 12.0 Å². The fraction of sp³-hybridized carbons (Fsp3) is 0.143. The molecule has 9 nitrogen and oxygen atoms in total. The van der Waals surface area contributed by atoms with E-state index in [4.69, 9.17) is 0 Å². The Morgan fingerprint density at radius 1 is 0.878 bits per heavy atom. The quantitative estimate of drug-likeness (QED) is 0.294. The van der Waals surface area contributed by atoms with Gasteiger partial charge in [0.05, 0.1) is 11.1 Å². The number of aromatic nitrogens is 2. The molecule has 41 heavy (non-hydrogen) atoms. The molecule has 3 aromatic carbocycles. The summed E-state index contributed by atoms with van der Waals surface area (Å²) >= 11 is 0. The highest BCUT2D eigenvalue weighted by Crippen LogP contribution is 2.21. The molecule has 1 aromatic heterocycles. The van der Waals surface area contributed by atoms with Gasteiger partial charge in [0.15, 0.2) is 0 Å². The van der Waals surface area contributed by atoms with E-state index >= 15 is 0 Å². The van der Waals surface area contributed by atoms with Crippen LogP contribution in [0, 0.1) is 0 Å². The highest BCUT2D eigenvalue weighted by molar-refractivity contribution is 7.92. The fourth-order valence-electron chi connectivity index (χ4n) is 3.97. The van der Waals surface area contributed by atoms with Crippen molar-refractivity contribution in [3.63, 3.8) is 0 Å². The van der Waals surface area contributed by atoms with Crippen molar-refractivity contribution in [2.24, 2.45) is 0 Å². The normalized spacial score (nSPS) is 12.4. The molecule has 1 amide bonds. The van der Waals surface area contributed by atoms with Crippen LogP contribution in [0.1, 0.15) is 5.56 Å². The maximum Gasteiger partial charge on any atom is 0.452 e. The third-order valence-electron chi connectivity index (χ3n) is 5.89. The average molecular weight is 585 g/mol. The minimum Gasteiger partial charge on any atom is -0.344 e. The summed E-state index contributed by atoms with van der Waals surface area (Å²) in [6.07, 6.45) is -4.68. The molecule has 0 spiro atoms. The second-order valence-corrected chi connectivity index (χ2v) is 10.5. The second-order valence-electron chi connectivity index (χ2n) is 8.84. The lowest BCUT2D eigenvalue weighted by Gasteiger charge is -2.20. The zero-order valence-electron chi connectivity index (χ0n) is 21.2. The van der Waals surface area contributed by atoms with Gasteiger partial charge in [-0.05, 0) is 17.7 Å². The van der Waals surface area contributed by atoms with Crippen LogP contribution < -0.4 is 15.6 Å². The zero-order valence-corrected chi connectivity index (χ0v) is 22.0. The lowest BCUT2D eigenvalue weighted by Crippen LogP contribution is -2.49. The molecule has 0 bridgehead atoms. The Labute approximate surface area is 232 Å². The van der Waals surface area contributed by atoms with E-state index in [1.54, 1.807) is 54.6 Å². The number of anilines is 1. The van der Waals surface area contributed by atoms with Gasteiger partial charge in [-0.25, -0.2) is 13.4 Å². The Bertz CT molecular complexity index is 1700. The summed E-state index contributed by atoms with van der Waals surface area (Å²) in [6.45, 7) is -0.854. The van der Waals surface area contributed by atoms with Crippen molar-refractivity contribution >= 4 is 27.4 Å². The minimum absolute atomic E-state index is 0.0461. The van der Waals surface area contributed by atoms with Crippen LogP contribution in [0.25, 0.3) is 11.4 Å². The van der Waals surface area contributed by atoms with Crippen LogP contribution in [-0.2, 0) is 32.6 Å². The third kappa shape index (κ3) is 7.25. The van der Waals surface area contributed by atoms with Gasteiger partial charge in [0.1, 0.15) is 24.1 Å². The number of benzene rings is 3. The number of hydrogen-bond donors (Lipinski definition) is 2. The Morgan fingerprint density at radius 3 is 2.02 bits per heavy atom. The molecule has 4 rings (SSSR count). The molecule has 0 saturated heterocycles. The number of hydrogen-bond acceptors (Lipinski definition) is 6. The molecule has 0 fully saturated rings. The SMILES string of the molecule is O=C(Cn1c(-c2ccccc2)ncc(NS(=O)(=O)c2ccccc2)c1=O)NC(Cc1ccccc1)C(=O)C(F)(F)F. The smallest absolute Gasteiger partial charge is 0.344 e. The summed E-state index contributed by atoms with van der Waals surface area (Å²) in [5, 5.41) is 2.09. The van der Waals surface area contributed by atoms with Gasteiger partial charge in [-0.15, -0.1) is 0 Å². The fourth-order valence-corrected chi connectivity index (χ4v) is 5.03. The van der Waals surface area contributed by atoms with E-state index in [1.807, 2.05) is 0 Å². The number of ketones is 1. The van der Waals surface area contributed by atoms with Crippen molar-refractivity contribution in [1.29, 1.82) is 0 Å². The number of amides is 1. The highest BCUT2D eigenvalue weighted by atomic mass is 32.2. The number of nitrogens with zero attached hydrogens (tertiary/aromatic N) is 2. The maximum atomic E-state index is 13.4. The predicted molar refractivity (Wildman–Crippen MR) is 144 cm³/mol. The number of carbonyl (C=O) groups is 2. The van der Waals surface area contributed by atoms with Crippen LogP contribution in [-0.4, -0.2) is 41.9 Å². The van der Waals surface area contributed by atoms with Crippen molar-refractivity contribution in [3.05, 3.63) is 113 Å². The van der Waals surface area contributed by atoms with Crippen molar-refractivity contribution in [2.75, 3.05) is 4.72 Å². The summed E-state index contributed by atoms with van der Waals surface area (Å²) in [5.41, 5.74) is -0.720. The van der Waals surface area contributed by atoms with Gasteiger partial charge >= 0.3 is 6.18 Å². The van der Waals surface area contributed by atoms with Crippen LogP contribution >= 0.6 is 0 Å². The summed E-state index contributed by atoms with van der Waals surface area (Å²) in [6, 6.07) is 21.2. The van der Waals surface area contributed by atoms with E-state index in [0.29, 0.717) is 11.1 Å². The van der Waals surface area contributed by atoms with Crippen LogP contribution in [0.4, 0.5) is 18.9 Å². The summed E-state index contributed by atoms with van der Waals surface area (Å²) in [4.78, 5) is 42.7. The Balaban J connectivity index is 1.69. The second kappa shape index (κ2) is 12.2. The molecule has 2 N–H and O–H groups in total. The summed E-state index contributed by atoms with van der Waals surface area (Å²) < 4.78 is 68.7. The summed E-state index contributed by atoms with van der Waals surface area (Å²) in [7, 11) is -4.21. The number of sulfonamides is 1. The zero-order chi connectivity index (χ0) is 29.6. The molecule has 13 heteroatoms. The topological polar surface area (TPSA) is 127 Å². The van der Waals surface area contributed by atoms with Crippen LogP contribution in [0.15, 0.2) is 107 Å². The molecule has 212 valence electrons. The molecule has 1 heterocycles. The largest absolute Gasteiger partial charge is 0.452 e. The van der Waals surface area contributed by atoms with Crippen molar-refractivity contribution < 1.29 is 31.2 Å². The Kier molecular flexibility index (Phi) is 8.67. The number of rotatable bonds is 10. The third-order valence-corrected chi connectivity index (χ3v) is 7.27. The molecule has 0 aliphatic carbocycles. The molecule has 0 aliphatic heterocycles. The lowest BCUT2D eigenvalue weighted by molar-refractivity contribution is -0.173. The van der Waals surface area contributed by atoms with E-state index < -0.39 is 58.1 Å². The van der Waals surface area contributed by atoms with Gasteiger partial charge in [-0.2, -0.15) is 13.2 Å². The van der Waals surface area contributed by atoms with Gasteiger partial charge in [-0.1, -0.05) is 78.9 Å². The molecular formula is C28H23F3N4O5S. The summed E-state index contributed by atoms with van der Waals surface area (Å²) in [5.74, 6) is -3.30. The van der Waals surface area contributed by atoms with Crippen LogP contribution in [0.3, 0.4) is 0 Å². The monoisotopic (exact) mass is 584 g/mol. The van der Waals surface area contributed by atoms with Crippen LogP contribution in [0.2, 0.25) is 0 Å². The first kappa shape index (κ1) is 29.2.